The Kier molecular flexibility index (Phi) is 2.42. The van der Waals surface area contributed by atoms with Gasteiger partial charge in [-0.15, -0.1) is 0 Å². The molecule has 1 aromatic heterocycles. The average molecular weight is 223 g/mol. The molecule has 0 bridgehead atoms. The molecule has 0 saturated carbocycles. The van der Waals surface area contributed by atoms with Gasteiger partial charge in [0.2, 0.25) is 0 Å². The molecule has 0 fully saturated rings. The Morgan fingerprint density at radius 1 is 1.00 bits per heavy atom. The first-order chi connectivity index (χ1) is 8.38. The maximum atomic E-state index is 9.18. The standard InChI is InChI=1S/C15H13NO/c17-10-11-3-1-4-12(9-11)13-5-2-6-15-14(13)7-8-16-15/h1-9,16-17H,10H2. The SMILES string of the molecule is OCc1cccc(-c2cccc3[nH]ccc23)c1. The number of aromatic amines is 1. The average Bonchev–Trinajstić information content (AvgIpc) is 2.87. The van der Waals surface area contributed by atoms with Crippen molar-refractivity contribution in [3.63, 3.8) is 0 Å². The van der Waals surface area contributed by atoms with Crippen LogP contribution in [-0.4, -0.2) is 10.1 Å². The fourth-order valence-electron chi connectivity index (χ4n) is 2.17. The summed E-state index contributed by atoms with van der Waals surface area (Å²) in [6, 6.07) is 16.3. The van der Waals surface area contributed by atoms with E-state index in [0.717, 1.165) is 16.6 Å². The van der Waals surface area contributed by atoms with Crippen molar-refractivity contribution in [2.75, 3.05) is 0 Å². The van der Waals surface area contributed by atoms with Gasteiger partial charge in [-0.25, -0.2) is 0 Å². The Morgan fingerprint density at radius 2 is 1.88 bits per heavy atom. The van der Waals surface area contributed by atoms with Crippen LogP contribution in [0.3, 0.4) is 0 Å². The van der Waals surface area contributed by atoms with E-state index in [0.29, 0.717) is 0 Å². The lowest BCUT2D eigenvalue weighted by Crippen LogP contribution is -1.84. The molecule has 0 radical (unpaired) electrons. The van der Waals surface area contributed by atoms with Crippen molar-refractivity contribution >= 4 is 10.9 Å². The van der Waals surface area contributed by atoms with Crippen molar-refractivity contribution in [2.45, 2.75) is 6.61 Å². The number of aliphatic hydroxyl groups is 1. The third kappa shape index (κ3) is 1.73. The quantitative estimate of drug-likeness (QED) is 0.686. The topological polar surface area (TPSA) is 36.0 Å². The summed E-state index contributed by atoms with van der Waals surface area (Å²) in [6.45, 7) is 0.0803. The van der Waals surface area contributed by atoms with Gasteiger partial charge in [0.15, 0.2) is 0 Å². The Balaban J connectivity index is 2.23. The van der Waals surface area contributed by atoms with Crippen LogP contribution in [0.15, 0.2) is 54.7 Å². The first kappa shape index (κ1) is 10.1. The molecule has 0 amide bonds. The molecule has 0 aliphatic rings. The molecular weight excluding hydrogens is 210 g/mol. The molecule has 17 heavy (non-hydrogen) atoms. The van der Waals surface area contributed by atoms with Crippen LogP contribution < -0.4 is 0 Å². The second-order valence-electron chi connectivity index (χ2n) is 4.10. The van der Waals surface area contributed by atoms with E-state index in [-0.39, 0.29) is 6.61 Å². The van der Waals surface area contributed by atoms with Gasteiger partial charge in [-0.2, -0.15) is 0 Å². The van der Waals surface area contributed by atoms with Gasteiger partial charge in [0.25, 0.3) is 0 Å². The molecule has 0 aliphatic heterocycles. The van der Waals surface area contributed by atoms with Gasteiger partial charge in [0.1, 0.15) is 0 Å². The van der Waals surface area contributed by atoms with E-state index in [1.807, 2.05) is 30.5 Å². The van der Waals surface area contributed by atoms with Crippen LogP contribution in [0.25, 0.3) is 22.0 Å². The van der Waals surface area contributed by atoms with Crippen LogP contribution in [-0.2, 0) is 6.61 Å². The molecule has 2 nitrogen and oxygen atoms in total. The third-order valence-corrected chi connectivity index (χ3v) is 3.02. The summed E-state index contributed by atoms with van der Waals surface area (Å²) < 4.78 is 0. The van der Waals surface area contributed by atoms with Gasteiger partial charge < -0.3 is 10.1 Å². The Labute approximate surface area is 99.5 Å². The maximum absolute atomic E-state index is 9.18. The highest BCUT2D eigenvalue weighted by Crippen LogP contribution is 2.28. The summed E-state index contributed by atoms with van der Waals surface area (Å²) in [5, 5.41) is 10.4. The molecular formula is C15H13NO. The fourth-order valence-corrected chi connectivity index (χ4v) is 2.17. The lowest BCUT2D eigenvalue weighted by Gasteiger charge is -2.05. The number of benzene rings is 2. The maximum Gasteiger partial charge on any atom is 0.0682 e. The number of H-pyrrole nitrogens is 1. The lowest BCUT2D eigenvalue weighted by molar-refractivity contribution is 0.282. The highest BCUT2D eigenvalue weighted by molar-refractivity contribution is 5.95. The van der Waals surface area contributed by atoms with Crippen LogP contribution in [0, 0.1) is 0 Å². The van der Waals surface area contributed by atoms with E-state index in [4.69, 9.17) is 0 Å². The summed E-state index contributed by atoms with van der Waals surface area (Å²) in [7, 11) is 0. The highest BCUT2D eigenvalue weighted by Gasteiger charge is 2.04. The lowest BCUT2D eigenvalue weighted by atomic mass is 10.00. The Morgan fingerprint density at radius 3 is 2.76 bits per heavy atom. The van der Waals surface area contributed by atoms with Gasteiger partial charge in [-0.3, -0.25) is 0 Å². The second kappa shape index (κ2) is 4.07. The Hall–Kier alpha value is -2.06. The molecule has 3 rings (SSSR count). The first-order valence-corrected chi connectivity index (χ1v) is 5.65. The van der Waals surface area contributed by atoms with Gasteiger partial charge in [-0.05, 0) is 34.9 Å². The van der Waals surface area contributed by atoms with E-state index >= 15 is 0 Å². The molecule has 0 saturated heterocycles. The van der Waals surface area contributed by atoms with Gasteiger partial charge in [0.05, 0.1) is 6.61 Å². The summed E-state index contributed by atoms with van der Waals surface area (Å²) >= 11 is 0. The van der Waals surface area contributed by atoms with Crippen LogP contribution >= 0.6 is 0 Å². The number of hydrogen-bond acceptors (Lipinski definition) is 1. The minimum Gasteiger partial charge on any atom is -0.392 e. The molecule has 0 atom stereocenters. The summed E-state index contributed by atoms with van der Waals surface area (Å²) in [5.74, 6) is 0. The largest absolute Gasteiger partial charge is 0.392 e. The van der Waals surface area contributed by atoms with Gasteiger partial charge in [0, 0.05) is 17.1 Å². The monoisotopic (exact) mass is 223 g/mol. The zero-order valence-electron chi connectivity index (χ0n) is 9.35. The van der Waals surface area contributed by atoms with Crippen LogP contribution in [0.2, 0.25) is 0 Å². The zero-order chi connectivity index (χ0) is 11.7. The van der Waals surface area contributed by atoms with Crippen molar-refractivity contribution in [3.05, 3.63) is 60.3 Å². The molecule has 2 N–H and O–H groups in total. The van der Waals surface area contributed by atoms with E-state index in [1.165, 1.54) is 10.9 Å². The molecule has 0 unspecified atom stereocenters. The van der Waals surface area contributed by atoms with Gasteiger partial charge >= 0.3 is 0 Å². The molecule has 84 valence electrons. The fraction of sp³-hybridized carbons (Fsp3) is 0.0667. The number of fused-ring (bicyclic) bond motifs is 1. The van der Waals surface area contributed by atoms with E-state index in [1.54, 1.807) is 0 Å². The molecule has 3 aromatic rings. The minimum absolute atomic E-state index is 0.0803. The molecule has 0 aliphatic carbocycles. The van der Waals surface area contributed by atoms with Crippen molar-refractivity contribution in [1.29, 1.82) is 0 Å². The number of nitrogens with one attached hydrogen (secondary N) is 1. The van der Waals surface area contributed by atoms with Crippen molar-refractivity contribution in [3.8, 4) is 11.1 Å². The van der Waals surface area contributed by atoms with Crippen LogP contribution in [0.1, 0.15) is 5.56 Å². The van der Waals surface area contributed by atoms with Crippen molar-refractivity contribution in [2.24, 2.45) is 0 Å². The second-order valence-corrected chi connectivity index (χ2v) is 4.10. The normalized spacial score (nSPS) is 10.9. The number of rotatable bonds is 2. The van der Waals surface area contributed by atoms with Crippen LogP contribution in [0.5, 0.6) is 0 Å². The Bertz CT molecular complexity index is 655. The van der Waals surface area contributed by atoms with E-state index < -0.39 is 0 Å². The predicted molar refractivity (Wildman–Crippen MR) is 69.7 cm³/mol. The van der Waals surface area contributed by atoms with Gasteiger partial charge in [-0.1, -0.05) is 30.3 Å². The summed E-state index contributed by atoms with van der Waals surface area (Å²) in [5.41, 5.74) is 4.41. The molecule has 2 heteroatoms. The van der Waals surface area contributed by atoms with E-state index in [9.17, 15) is 5.11 Å². The minimum atomic E-state index is 0.0803. The van der Waals surface area contributed by atoms with Crippen molar-refractivity contribution in [1.82, 2.24) is 4.98 Å². The van der Waals surface area contributed by atoms with Crippen molar-refractivity contribution < 1.29 is 5.11 Å². The number of hydrogen-bond donors (Lipinski definition) is 2. The zero-order valence-corrected chi connectivity index (χ0v) is 9.35. The van der Waals surface area contributed by atoms with E-state index in [2.05, 4.69) is 29.2 Å². The summed E-state index contributed by atoms with van der Waals surface area (Å²) in [4.78, 5) is 3.21. The first-order valence-electron chi connectivity index (χ1n) is 5.65. The van der Waals surface area contributed by atoms with Crippen LogP contribution in [0.4, 0.5) is 0 Å². The molecule has 1 heterocycles. The number of aromatic nitrogens is 1. The highest BCUT2D eigenvalue weighted by atomic mass is 16.3. The smallest absolute Gasteiger partial charge is 0.0682 e. The molecule has 2 aromatic carbocycles. The summed E-state index contributed by atoms with van der Waals surface area (Å²) in [6.07, 6.45) is 1.95. The molecule has 0 spiro atoms. The predicted octanol–water partition coefficient (Wildman–Crippen LogP) is 3.33. The number of aliphatic hydroxyl groups excluding tert-OH is 1. The third-order valence-electron chi connectivity index (χ3n) is 3.02.